The van der Waals surface area contributed by atoms with Crippen LogP contribution in [0.4, 0.5) is 4.79 Å². The van der Waals surface area contributed by atoms with E-state index in [1.165, 1.54) is 0 Å². The van der Waals surface area contributed by atoms with Crippen molar-refractivity contribution in [2.24, 2.45) is 5.92 Å². The van der Waals surface area contributed by atoms with Crippen LogP contribution in [0.25, 0.3) is 0 Å². The molecule has 0 aromatic heterocycles. The van der Waals surface area contributed by atoms with Gasteiger partial charge in [-0.3, -0.25) is 9.69 Å². The van der Waals surface area contributed by atoms with Crippen LogP contribution in [0.5, 0.6) is 0 Å². The number of ether oxygens (including phenoxy) is 1. The zero-order chi connectivity index (χ0) is 17.6. The molecule has 1 aliphatic heterocycles. The molecule has 0 bridgehead atoms. The fourth-order valence-corrected chi connectivity index (χ4v) is 3.48. The summed E-state index contributed by atoms with van der Waals surface area (Å²) in [5, 5.41) is 9.08. The molecule has 2 fully saturated rings. The van der Waals surface area contributed by atoms with Crippen molar-refractivity contribution in [1.82, 2.24) is 9.80 Å². The summed E-state index contributed by atoms with van der Waals surface area (Å²) in [4.78, 5) is 27.2. The van der Waals surface area contributed by atoms with Crippen molar-refractivity contribution in [3.05, 3.63) is 35.9 Å². The number of nitrogens with zero attached hydrogens (tertiary/aromatic N) is 2. The molecular formula is C19H26N2O4. The van der Waals surface area contributed by atoms with E-state index in [1.807, 2.05) is 30.3 Å². The number of hydrogen-bond acceptors (Lipinski definition) is 4. The first kappa shape index (κ1) is 17.7. The van der Waals surface area contributed by atoms with Crippen LogP contribution in [-0.4, -0.2) is 59.2 Å². The Kier molecular flexibility index (Phi) is 5.91. The topological polar surface area (TPSA) is 70.1 Å². The number of carboxylic acids is 1. The minimum absolute atomic E-state index is 0.0968. The highest BCUT2D eigenvalue weighted by Gasteiger charge is 2.33. The number of piperidine rings is 1. The second-order valence-electron chi connectivity index (χ2n) is 7.05. The zero-order valence-corrected chi connectivity index (χ0v) is 14.5. The number of likely N-dealkylation sites (tertiary alicyclic amines) is 1. The minimum atomic E-state index is -0.776. The van der Waals surface area contributed by atoms with Crippen LogP contribution < -0.4 is 0 Å². The number of carbonyl (C=O) groups excluding carboxylic acids is 1. The van der Waals surface area contributed by atoms with E-state index >= 15 is 0 Å². The number of benzene rings is 1. The fraction of sp³-hybridized carbons (Fsp3) is 0.579. The number of aliphatic carboxylic acids is 1. The van der Waals surface area contributed by atoms with Gasteiger partial charge in [-0.2, -0.15) is 0 Å². The predicted octanol–water partition coefficient (Wildman–Crippen LogP) is 2.58. The summed E-state index contributed by atoms with van der Waals surface area (Å²) in [6, 6.07) is 10.1. The molecule has 0 spiro atoms. The third-order valence-corrected chi connectivity index (χ3v) is 4.88. The summed E-state index contributed by atoms with van der Waals surface area (Å²) < 4.78 is 5.42. The first-order chi connectivity index (χ1) is 12.1. The molecule has 6 nitrogen and oxygen atoms in total. The predicted molar refractivity (Wildman–Crippen MR) is 93.2 cm³/mol. The molecule has 25 heavy (non-hydrogen) atoms. The summed E-state index contributed by atoms with van der Waals surface area (Å²) in [6.45, 7) is 2.50. The van der Waals surface area contributed by atoms with E-state index in [9.17, 15) is 9.59 Å². The maximum Gasteiger partial charge on any atom is 0.410 e. The molecule has 1 atom stereocenters. The maximum absolute atomic E-state index is 12.3. The average Bonchev–Trinajstić information content (AvgIpc) is 3.45. The molecule has 1 heterocycles. The highest BCUT2D eigenvalue weighted by molar-refractivity contribution is 5.69. The zero-order valence-electron chi connectivity index (χ0n) is 14.5. The Labute approximate surface area is 148 Å². The van der Waals surface area contributed by atoms with Gasteiger partial charge in [0.05, 0.1) is 6.54 Å². The van der Waals surface area contributed by atoms with Gasteiger partial charge < -0.3 is 14.7 Å². The number of carbonyl (C=O) groups is 2. The van der Waals surface area contributed by atoms with Gasteiger partial charge in [0.1, 0.15) is 6.61 Å². The average molecular weight is 346 g/mol. The monoisotopic (exact) mass is 346 g/mol. The molecule has 136 valence electrons. The van der Waals surface area contributed by atoms with Crippen molar-refractivity contribution in [2.45, 2.75) is 38.3 Å². The van der Waals surface area contributed by atoms with E-state index in [-0.39, 0.29) is 19.2 Å². The fourth-order valence-electron chi connectivity index (χ4n) is 3.48. The first-order valence-electron chi connectivity index (χ1n) is 9.03. The molecule has 3 rings (SSSR count). The minimum Gasteiger partial charge on any atom is -0.480 e. The van der Waals surface area contributed by atoms with E-state index in [4.69, 9.17) is 9.84 Å². The van der Waals surface area contributed by atoms with E-state index in [2.05, 4.69) is 4.90 Å². The van der Waals surface area contributed by atoms with Gasteiger partial charge in [0.25, 0.3) is 0 Å². The first-order valence-corrected chi connectivity index (χ1v) is 9.03. The summed E-state index contributed by atoms with van der Waals surface area (Å²) >= 11 is 0. The lowest BCUT2D eigenvalue weighted by Gasteiger charge is -2.34. The Morgan fingerprint density at radius 2 is 1.96 bits per heavy atom. The molecule has 6 heteroatoms. The summed E-state index contributed by atoms with van der Waals surface area (Å²) in [6.07, 6.45) is 3.87. The van der Waals surface area contributed by atoms with Gasteiger partial charge in [-0.25, -0.2) is 4.79 Å². The van der Waals surface area contributed by atoms with Crippen molar-refractivity contribution in [3.8, 4) is 0 Å². The van der Waals surface area contributed by atoms with Crippen molar-refractivity contribution in [3.63, 3.8) is 0 Å². The Balaban J connectivity index is 1.48. The third kappa shape index (κ3) is 5.46. The molecule has 1 amide bonds. The van der Waals surface area contributed by atoms with E-state index in [0.717, 1.165) is 37.8 Å². The summed E-state index contributed by atoms with van der Waals surface area (Å²) in [5.41, 5.74) is 0.978. The number of hydrogen-bond donors (Lipinski definition) is 1. The van der Waals surface area contributed by atoms with Crippen LogP contribution in [0.15, 0.2) is 30.3 Å². The highest BCUT2D eigenvalue weighted by Crippen LogP contribution is 2.29. The van der Waals surface area contributed by atoms with E-state index in [1.54, 1.807) is 4.90 Å². The SMILES string of the molecule is O=C(O)CN(C[C@H]1CCCN(C(=O)OCc2ccccc2)C1)C1CC1. The molecule has 1 N–H and O–H groups in total. The van der Waals surface area contributed by atoms with Crippen LogP contribution in [0, 0.1) is 5.92 Å². The normalized spacial score (nSPS) is 20.5. The van der Waals surface area contributed by atoms with Crippen LogP contribution in [0.1, 0.15) is 31.2 Å². The lowest BCUT2D eigenvalue weighted by molar-refractivity contribution is -0.138. The Morgan fingerprint density at radius 3 is 2.64 bits per heavy atom. The smallest absolute Gasteiger partial charge is 0.410 e. The maximum atomic E-state index is 12.3. The van der Waals surface area contributed by atoms with Crippen LogP contribution in [0.2, 0.25) is 0 Å². The molecule has 1 saturated heterocycles. The van der Waals surface area contributed by atoms with Gasteiger partial charge in [0.2, 0.25) is 0 Å². The molecule has 1 aromatic rings. The lowest BCUT2D eigenvalue weighted by atomic mass is 9.97. The number of rotatable bonds is 7. The second kappa shape index (κ2) is 8.34. The van der Waals surface area contributed by atoms with Crippen LogP contribution in [0.3, 0.4) is 0 Å². The molecule has 1 aromatic carbocycles. The lowest BCUT2D eigenvalue weighted by Crippen LogP contribution is -2.45. The summed E-state index contributed by atoms with van der Waals surface area (Å²) in [7, 11) is 0. The van der Waals surface area contributed by atoms with Gasteiger partial charge in [-0.15, -0.1) is 0 Å². The standard InChI is InChI=1S/C19H26N2O4/c22-18(23)13-21(17-8-9-17)12-16-7-4-10-20(11-16)19(24)25-14-15-5-2-1-3-6-15/h1-3,5-6,16-17H,4,7-14H2,(H,22,23)/t16-/m0/s1. The third-order valence-electron chi connectivity index (χ3n) is 4.88. The molecule has 1 saturated carbocycles. The van der Waals surface area contributed by atoms with Crippen molar-refractivity contribution in [2.75, 3.05) is 26.2 Å². The van der Waals surface area contributed by atoms with E-state index in [0.29, 0.717) is 25.0 Å². The Bertz CT molecular complexity index is 588. The van der Waals surface area contributed by atoms with Crippen molar-refractivity contribution in [1.29, 1.82) is 0 Å². The second-order valence-corrected chi connectivity index (χ2v) is 7.05. The summed E-state index contributed by atoms with van der Waals surface area (Å²) in [5.74, 6) is -0.459. The molecule has 2 aliphatic rings. The Hall–Kier alpha value is -2.08. The van der Waals surface area contributed by atoms with Gasteiger partial charge in [-0.05, 0) is 37.2 Å². The molecule has 0 unspecified atom stereocenters. The van der Waals surface area contributed by atoms with Crippen molar-refractivity contribution >= 4 is 12.1 Å². The van der Waals surface area contributed by atoms with Crippen LogP contribution in [-0.2, 0) is 16.1 Å². The van der Waals surface area contributed by atoms with Crippen molar-refractivity contribution < 1.29 is 19.4 Å². The van der Waals surface area contributed by atoms with Gasteiger partial charge in [0.15, 0.2) is 0 Å². The number of carboxylic acid groups (broad SMARTS) is 1. The number of amides is 1. The van der Waals surface area contributed by atoms with E-state index < -0.39 is 5.97 Å². The van der Waals surface area contributed by atoms with Gasteiger partial charge >= 0.3 is 12.1 Å². The van der Waals surface area contributed by atoms with Gasteiger partial charge in [-0.1, -0.05) is 30.3 Å². The van der Waals surface area contributed by atoms with Crippen LogP contribution >= 0.6 is 0 Å². The Morgan fingerprint density at radius 1 is 1.20 bits per heavy atom. The van der Waals surface area contributed by atoms with Gasteiger partial charge in [0, 0.05) is 25.7 Å². The quantitative estimate of drug-likeness (QED) is 0.822. The molecule has 0 radical (unpaired) electrons. The molecule has 1 aliphatic carbocycles. The highest BCUT2D eigenvalue weighted by atomic mass is 16.6. The largest absolute Gasteiger partial charge is 0.480 e. The molecular weight excluding hydrogens is 320 g/mol.